The standard InChI is InChI=1S/C35H32O10/c1-45-35-21-3-2-4-22(35)15-24-6-19(12-30(38)39)8-26(33(24)43)17-28-10-20(13-31(40)41)9-27(34(28)44)16-25-7-18(11-29(36)37)5-23(14-21)32(25)42/h2-10,42-44H,11-17H2,1H3,(H,36,37)(H,38,39)(H,40,41). The molecule has 6 N–H and O–H groups in total. The minimum Gasteiger partial charge on any atom is -0.507 e. The zero-order valence-electron chi connectivity index (χ0n) is 24.5. The lowest BCUT2D eigenvalue weighted by atomic mass is 9.88. The molecule has 0 unspecified atom stereocenters. The summed E-state index contributed by atoms with van der Waals surface area (Å²) >= 11 is 0. The summed E-state index contributed by atoms with van der Waals surface area (Å²) in [6.45, 7) is 0. The van der Waals surface area contributed by atoms with Crippen LogP contribution in [0.25, 0.3) is 0 Å². The number of aromatic hydroxyl groups is 3. The lowest BCUT2D eigenvalue weighted by Crippen LogP contribution is -2.07. The van der Waals surface area contributed by atoms with Crippen molar-refractivity contribution in [1.29, 1.82) is 0 Å². The maximum absolute atomic E-state index is 11.7. The van der Waals surface area contributed by atoms with Crippen LogP contribution in [0.2, 0.25) is 0 Å². The van der Waals surface area contributed by atoms with Crippen LogP contribution in [0.5, 0.6) is 23.0 Å². The number of ether oxygens (including phenoxy) is 1. The van der Waals surface area contributed by atoms with Gasteiger partial charge in [-0.05, 0) is 61.2 Å². The minimum absolute atomic E-state index is 0.0496. The molecule has 1 aliphatic rings. The van der Waals surface area contributed by atoms with Crippen LogP contribution < -0.4 is 4.74 Å². The number of phenols is 3. The van der Waals surface area contributed by atoms with Crippen LogP contribution in [0.3, 0.4) is 0 Å². The molecule has 4 aromatic carbocycles. The summed E-state index contributed by atoms with van der Waals surface area (Å²) in [4.78, 5) is 35.0. The molecule has 1 aliphatic carbocycles. The van der Waals surface area contributed by atoms with Gasteiger partial charge in [-0.3, -0.25) is 14.4 Å². The molecule has 0 spiro atoms. The number of carboxylic acids is 3. The van der Waals surface area contributed by atoms with Crippen LogP contribution in [0, 0.1) is 0 Å². The molecule has 4 aromatic rings. The molecule has 0 fully saturated rings. The zero-order valence-corrected chi connectivity index (χ0v) is 24.5. The van der Waals surface area contributed by atoms with Crippen molar-refractivity contribution in [3.63, 3.8) is 0 Å². The van der Waals surface area contributed by atoms with Gasteiger partial charge in [-0.25, -0.2) is 0 Å². The largest absolute Gasteiger partial charge is 0.507 e. The van der Waals surface area contributed by atoms with Gasteiger partial charge in [0, 0.05) is 25.7 Å². The molecular weight excluding hydrogens is 580 g/mol. The smallest absolute Gasteiger partial charge is 0.307 e. The van der Waals surface area contributed by atoms with Crippen molar-refractivity contribution in [3.8, 4) is 23.0 Å². The number of aliphatic carboxylic acids is 3. The Kier molecular flexibility index (Phi) is 8.67. The van der Waals surface area contributed by atoms with E-state index in [9.17, 15) is 45.0 Å². The van der Waals surface area contributed by atoms with E-state index in [0.717, 1.165) is 0 Å². The summed E-state index contributed by atoms with van der Waals surface area (Å²) in [5, 5.41) is 63.0. The van der Waals surface area contributed by atoms with Gasteiger partial charge >= 0.3 is 17.9 Å². The number of carbonyl (C=O) groups is 3. The Balaban J connectivity index is 1.80. The van der Waals surface area contributed by atoms with Gasteiger partial charge in [0.05, 0.1) is 26.4 Å². The third kappa shape index (κ3) is 6.85. The number of hydrogen-bond acceptors (Lipinski definition) is 7. The van der Waals surface area contributed by atoms with Crippen molar-refractivity contribution in [2.75, 3.05) is 7.11 Å². The lowest BCUT2D eigenvalue weighted by molar-refractivity contribution is -0.137. The van der Waals surface area contributed by atoms with Gasteiger partial charge in [0.1, 0.15) is 23.0 Å². The highest BCUT2D eigenvalue weighted by Gasteiger charge is 2.22. The average Bonchev–Trinajstić information content (AvgIpc) is 2.94. The Bertz CT molecular complexity index is 1720. The van der Waals surface area contributed by atoms with E-state index in [-0.39, 0.29) is 62.2 Å². The first-order valence-electron chi connectivity index (χ1n) is 14.2. The number of rotatable bonds is 7. The fraction of sp³-hybridized carbons (Fsp3) is 0.229. The van der Waals surface area contributed by atoms with Crippen LogP contribution in [0.1, 0.15) is 61.2 Å². The summed E-state index contributed by atoms with van der Waals surface area (Å²) < 4.78 is 5.80. The number of carboxylic acid groups (broad SMARTS) is 3. The minimum atomic E-state index is -1.10. The second kappa shape index (κ2) is 12.6. The molecule has 0 radical (unpaired) electrons. The monoisotopic (exact) mass is 612 g/mol. The van der Waals surface area contributed by atoms with Crippen molar-refractivity contribution in [3.05, 3.63) is 116 Å². The Hall–Kier alpha value is -5.51. The predicted molar refractivity (Wildman–Crippen MR) is 163 cm³/mol. The number of benzene rings is 4. The van der Waals surface area contributed by atoms with Crippen molar-refractivity contribution >= 4 is 17.9 Å². The molecule has 10 heteroatoms. The number of fused-ring (bicyclic) bond motifs is 8. The van der Waals surface area contributed by atoms with Gasteiger partial charge in [-0.15, -0.1) is 0 Å². The highest BCUT2D eigenvalue weighted by Crippen LogP contribution is 2.39. The lowest BCUT2D eigenvalue weighted by Gasteiger charge is -2.20. The first kappa shape index (κ1) is 30.9. The van der Waals surface area contributed by atoms with Gasteiger partial charge in [-0.2, -0.15) is 0 Å². The molecule has 232 valence electrons. The van der Waals surface area contributed by atoms with Crippen LogP contribution in [-0.2, 0) is 59.3 Å². The Morgan fingerprint density at radius 1 is 0.533 bits per heavy atom. The summed E-state index contributed by atoms with van der Waals surface area (Å²) in [7, 11) is 1.50. The van der Waals surface area contributed by atoms with Crippen LogP contribution >= 0.6 is 0 Å². The van der Waals surface area contributed by atoms with Gasteiger partial charge in [0.15, 0.2) is 0 Å². The van der Waals surface area contributed by atoms with Crippen LogP contribution in [-0.4, -0.2) is 55.7 Å². The summed E-state index contributed by atoms with van der Waals surface area (Å²) in [6, 6.07) is 14.8. The normalized spacial score (nSPS) is 12.4. The Labute approximate surface area is 258 Å². The quantitative estimate of drug-likeness (QED) is 0.154. The fourth-order valence-corrected chi connectivity index (χ4v) is 6.13. The van der Waals surface area contributed by atoms with Gasteiger partial charge in [-0.1, -0.05) is 54.6 Å². The third-order valence-corrected chi connectivity index (χ3v) is 7.95. The van der Waals surface area contributed by atoms with E-state index in [2.05, 4.69) is 0 Å². The molecule has 5 rings (SSSR count). The summed E-state index contributed by atoms with van der Waals surface area (Å²) in [6.07, 6.45) is -0.744. The van der Waals surface area contributed by atoms with E-state index < -0.39 is 17.9 Å². The molecule has 0 atom stereocenters. The SMILES string of the molecule is COc1c2cccc1Cc1cc(CC(=O)O)cc(c1O)Cc1cc(CC(=O)O)cc(c1O)Cc1cc(CC(=O)O)cc(c1O)C2. The van der Waals surface area contributed by atoms with E-state index in [4.69, 9.17) is 4.74 Å². The van der Waals surface area contributed by atoms with E-state index in [0.29, 0.717) is 66.9 Å². The van der Waals surface area contributed by atoms with E-state index in [1.165, 1.54) is 19.2 Å². The molecule has 0 aliphatic heterocycles. The molecular formula is C35H32O10. The maximum atomic E-state index is 11.7. The highest BCUT2D eigenvalue weighted by molar-refractivity contribution is 5.72. The molecule has 0 saturated heterocycles. The number of para-hydroxylation sites is 1. The third-order valence-electron chi connectivity index (χ3n) is 7.95. The second-order valence-electron chi connectivity index (χ2n) is 11.3. The number of methoxy groups -OCH3 is 1. The Morgan fingerprint density at radius 2 is 0.800 bits per heavy atom. The van der Waals surface area contributed by atoms with Crippen molar-refractivity contribution < 1.29 is 49.8 Å². The maximum Gasteiger partial charge on any atom is 0.307 e. The fourth-order valence-electron chi connectivity index (χ4n) is 6.13. The first-order valence-corrected chi connectivity index (χ1v) is 14.2. The molecule has 45 heavy (non-hydrogen) atoms. The van der Waals surface area contributed by atoms with Crippen molar-refractivity contribution in [2.24, 2.45) is 0 Å². The molecule has 0 heterocycles. The molecule has 8 bridgehead atoms. The number of hydrogen-bond donors (Lipinski definition) is 6. The summed E-state index contributed by atoms with van der Waals surface area (Å²) in [5.41, 5.74) is 4.76. The van der Waals surface area contributed by atoms with Crippen LogP contribution in [0.15, 0.2) is 54.6 Å². The second-order valence-corrected chi connectivity index (χ2v) is 11.3. The molecule has 0 amide bonds. The average molecular weight is 613 g/mol. The van der Waals surface area contributed by atoms with Crippen molar-refractivity contribution in [1.82, 2.24) is 0 Å². The summed E-state index contributed by atoms with van der Waals surface area (Å²) in [5.74, 6) is -3.08. The van der Waals surface area contributed by atoms with E-state index in [1.54, 1.807) is 30.3 Å². The van der Waals surface area contributed by atoms with Crippen molar-refractivity contribution in [2.45, 2.75) is 44.9 Å². The van der Waals surface area contributed by atoms with Crippen LogP contribution in [0.4, 0.5) is 0 Å². The zero-order chi connectivity index (χ0) is 32.4. The topological polar surface area (TPSA) is 182 Å². The molecule has 10 nitrogen and oxygen atoms in total. The van der Waals surface area contributed by atoms with E-state index >= 15 is 0 Å². The van der Waals surface area contributed by atoms with E-state index in [1.807, 2.05) is 12.1 Å². The predicted octanol–water partition coefficient (Wildman–Crippen LogP) is 4.37. The molecule has 0 aromatic heterocycles. The van der Waals surface area contributed by atoms with Gasteiger partial charge in [0.2, 0.25) is 0 Å². The number of phenolic OH excluding ortho intramolecular Hbond substituents is 3. The molecule has 0 saturated carbocycles. The highest BCUT2D eigenvalue weighted by atomic mass is 16.5. The Morgan fingerprint density at radius 3 is 1.04 bits per heavy atom. The first-order chi connectivity index (χ1) is 21.4. The van der Waals surface area contributed by atoms with Gasteiger partial charge < -0.3 is 35.4 Å². The van der Waals surface area contributed by atoms with Gasteiger partial charge in [0.25, 0.3) is 0 Å².